The Morgan fingerprint density at radius 1 is 1.43 bits per heavy atom. The van der Waals surface area contributed by atoms with Gasteiger partial charge in [-0.2, -0.15) is 0 Å². The van der Waals surface area contributed by atoms with Gasteiger partial charge < -0.3 is 9.84 Å². The third kappa shape index (κ3) is 5.30. The van der Waals surface area contributed by atoms with E-state index in [-0.39, 0.29) is 18.4 Å². The zero-order chi connectivity index (χ0) is 16.0. The summed E-state index contributed by atoms with van der Waals surface area (Å²) < 4.78 is 31.5. The standard InChI is InChI=1S/C15H21F2NO3/c1-10(2)18-15(3,14(19)20)7-4-8-21-13-9-11(16)5-6-12(13)17/h5-6,9-10,18H,4,7-8H2,1-3H3,(H,19,20). The molecule has 0 fully saturated rings. The van der Waals surface area contributed by atoms with Crippen molar-refractivity contribution in [2.24, 2.45) is 0 Å². The Kier molecular flexibility index (Phi) is 6.08. The zero-order valence-corrected chi connectivity index (χ0v) is 12.5. The van der Waals surface area contributed by atoms with Crippen LogP contribution in [-0.4, -0.2) is 29.3 Å². The molecule has 0 aromatic heterocycles. The summed E-state index contributed by atoms with van der Waals surface area (Å²) in [6.07, 6.45) is 0.718. The maximum absolute atomic E-state index is 13.3. The van der Waals surface area contributed by atoms with E-state index in [1.54, 1.807) is 6.92 Å². The highest BCUT2D eigenvalue weighted by Gasteiger charge is 2.32. The molecular weight excluding hydrogens is 280 g/mol. The van der Waals surface area contributed by atoms with Crippen LogP contribution >= 0.6 is 0 Å². The quantitative estimate of drug-likeness (QED) is 0.725. The zero-order valence-electron chi connectivity index (χ0n) is 12.5. The predicted octanol–water partition coefficient (Wildman–Crippen LogP) is 2.97. The molecule has 0 radical (unpaired) electrons. The lowest BCUT2D eigenvalue weighted by Gasteiger charge is -2.28. The molecule has 0 heterocycles. The van der Waals surface area contributed by atoms with Crippen LogP contribution in [0.25, 0.3) is 0 Å². The highest BCUT2D eigenvalue weighted by Crippen LogP contribution is 2.19. The molecule has 4 nitrogen and oxygen atoms in total. The molecule has 0 saturated carbocycles. The molecule has 0 aliphatic rings. The number of carboxylic acids is 1. The number of benzene rings is 1. The fourth-order valence-corrected chi connectivity index (χ4v) is 2.07. The molecule has 118 valence electrons. The number of carbonyl (C=O) groups is 1. The van der Waals surface area contributed by atoms with Crippen molar-refractivity contribution in [1.82, 2.24) is 5.32 Å². The van der Waals surface area contributed by atoms with Crippen LogP contribution < -0.4 is 10.1 Å². The van der Waals surface area contributed by atoms with Crippen molar-refractivity contribution >= 4 is 5.97 Å². The lowest BCUT2D eigenvalue weighted by Crippen LogP contribution is -2.52. The molecule has 1 aromatic carbocycles. The summed E-state index contributed by atoms with van der Waals surface area (Å²) in [5, 5.41) is 12.3. The third-order valence-corrected chi connectivity index (χ3v) is 3.05. The number of carboxylic acid groups (broad SMARTS) is 1. The lowest BCUT2D eigenvalue weighted by molar-refractivity contribution is -0.144. The van der Waals surface area contributed by atoms with Crippen molar-refractivity contribution in [1.29, 1.82) is 0 Å². The number of nitrogens with one attached hydrogen (secondary N) is 1. The van der Waals surface area contributed by atoms with E-state index in [0.717, 1.165) is 18.2 Å². The van der Waals surface area contributed by atoms with Crippen LogP contribution in [0.4, 0.5) is 8.78 Å². The molecular formula is C15H21F2NO3. The maximum atomic E-state index is 13.3. The largest absolute Gasteiger partial charge is 0.490 e. The molecule has 1 atom stereocenters. The van der Waals surface area contributed by atoms with Gasteiger partial charge in [-0.1, -0.05) is 0 Å². The fourth-order valence-electron chi connectivity index (χ4n) is 2.07. The van der Waals surface area contributed by atoms with Crippen LogP contribution in [0.5, 0.6) is 5.75 Å². The van der Waals surface area contributed by atoms with Crippen molar-refractivity contribution in [3.8, 4) is 5.75 Å². The number of ether oxygens (including phenoxy) is 1. The summed E-state index contributed by atoms with van der Waals surface area (Å²) in [6.45, 7) is 5.43. The summed E-state index contributed by atoms with van der Waals surface area (Å²) in [7, 11) is 0. The van der Waals surface area contributed by atoms with Gasteiger partial charge >= 0.3 is 5.97 Å². The summed E-state index contributed by atoms with van der Waals surface area (Å²) in [5.74, 6) is -2.34. The van der Waals surface area contributed by atoms with E-state index in [1.165, 1.54) is 0 Å². The van der Waals surface area contributed by atoms with Gasteiger partial charge in [0.1, 0.15) is 11.4 Å². The first-order chi connectivity index (χ1) is 9.74. The summed E-state index contributed by atoms with van der Waals surface area (Å²) in [6, 6.07) is 2.99. The minimum atomic E-state index is -1.07. The Balaban J connectivity index is 2.51. The number of hydrogen-bond acceptors (Lipinski definition) is 3. The van der Waals surface area contributed by atoms with Crippen LogP contribution in [0.15, 0.2) is 18.2 Å². The van der Waals surface area contributed by atoms with Gasteiger partial charge in [0.2, 0.25) is 0 Å². The van der Waals surface area contributed by atoms with Gasteiger partial charge in [-0.05, 0) is 45.7 Å². The van der Waals surface area contributed by atoms with Gasteiger partial charge in [-0.25, -0.2) is 8.78 Å². The molecule has 0 aliphatic carbocycles. The Labute approximate surface area is 123 Å². The molecule has 0 aliphatic heterocycles. The normalized spacial score (nSPS) is 14.0. The third-order valence-electron chi connectivity index (χ3n) is 3.05. The smallest absolute Gasteiger partial charge is 0.323 e. The summed E-state index contributed by atoms with van der Waals surface area (Å²) in [5.41, 5.74) is -1.07. The van der Waals surface area contributed by atoms with Crippen molar-refractivity contribution in [3.05, 3.63) is 29.8 Å². The Morgan fingerprint density at radius 2 is 2.10 bits per heavy atom. The predicted molar refractivity (Wildman–Crippen MR) is 75.4 cm³/mol. The number of hydrogen-bond donors (Lipinski definition) is 2. The van der Waals surface area contributed by atoms with Crippen LogP contribution in [0.2, 0.25) is 0 Å². The van der Waals surface area contributed by atoms with Gasteiger partial charge in [0.25, 0.3) is 0 Å². The molecule has 2 N–H and O–H groups in total. The van der Waals surface area contributed by atoms with E-state index < -0.39 is 23.1 Å². The minimum absolute atomic E-state index is 0.0210. The first-order valence-corrected chi connectivity index (χ1v) is 6.83. The van der Waals surface area contributed by atoms with Crippen molar-refractivity contribution in [2.45, 2.75) is 45.2 Å². The van der Waals surface area contributed by atoms with Crippen molar-refractivity contribution in [3.63, 3.8) is 0 Å². The fraction of sp³-hybridized carbons (Fsp3) is 0.533. The van der Waals surface area contributed by atoms with E-state index in [0.29, 0.717) is 12.8 Å². The topological polar surface area (TPSA) is 58.6 Å². The van der Waals surface area contributed by atoms with E-state index in [9.17, 15) is 18.7 Å². The second-order valence-corrected chi connectivity index (χ2v) is 5.46. The van der Waals surface area contributed by atoms with Gasteiger partial charge in [0.15, 0.2) is 11.6 Å². The van der Waals surface area contributed by atoms with Crippen LogP contribution in [-0.2, 0) is 4.79 Å². The maximum Gasteiger partial charge on any atom is 0.323 e. The summed E-state index contributed by atoms with van der Waals surface area (Å²) >= 11 is 0. The van der Waals surface area contributed by atoms with Gasteiger partial charge in [0, 0.05) is 12.1 Å². The van der Waals surface area contributed by atoms with E-state index >= 15 is 0 Å². The highest BCUT2D eigenvalue weighted by atomic mass is 19.1. The second-order valence-electron chi connectivity index (χ2n) is 5.46. The lowest BCUT2D eigenvalue weighted by atomic mass is 9.95. The second kappa shape index (κ2) is 7.36. The minimum Gasteiger partial charge on any atom is -0.490 e. The molecule has 0 saturated heterocycles. The van der Waals surface area contributed by atoms with Crippen LogP contribution in [0.3, 0.4) is 0 Å². The van der Waals surface area contributed by atoms with Gasteiger partial charge in [-0.3, -0.25) is 10.1 Å². The molecule has 0 amide bonds. The average molecular weight is 301 g/mol. The SMILES string of the molecule is CC(C)NC(C)(CCCOc1cc(F)ccc1F)C(=O)O. The molecule has 0 bridgehead atoms. The Morgan fingerprint density at radius 3 is 2.67 bits per heavy atom. The number of aliphatic carboxylic acids is 1. The van der Waals surface area contributed by atoms with E-state index in [2.05, 4.69) is 5.32 Å². The summed E-state index contributed by atoms with van der Waals surface area (Å²) in [4.78, 5) is 11.3. The van der Waals surface area contributed by atoms with Crippen LogP contribution in [0, 0.1) is 11.6 Å². The molecule has 6 heteroatoms. The first kappa shape index (κ1) is 17.4. The Hall–Kier alpha value is -1.69. The molecule has 21 heavy (non-hydrogen) atoms. The van der Waals surface area contributed by atoms with E-state index in [1.807, 2.05) is 13.8 Å². The molecule has 1 unspecified atom stereocenters. The monoisotopic (exact) mass is 301 g/mol. The number of rotatable bonds is 8. The molecule has 1 aromatic rings. The van der Waals surface area contributed by atoms with Crippen LogP contribution in [0.1, 0.15) is 33.6 Å². The highest BCUT2D eigenvalue weighted by molar-refractivity contribution is 5.78. The number of halogens is 2. The average Bonchev–Trinajstić information content (AvgIpc) is 2.37. The van der Waals surface area contributed by atoms with Crippen molar-refractivity contribution < 1.29 is 23.4 Å². The first-order valence-electron chi connectivity index (χ1n) is 6.83. The van der Waals surface area contributed by atoms with E-state index in [4.69, 9.17) is 4.74 Å². The Bertz CT molecular complexity index is 494. The molecule has 1 rings (SSSR count). The van der Waals surface area contributed by atoms with Gasteiger partial charge in [0.05, 0.1) is 6.61 Å². The van der Waals surface area contributed by atoms with Crippen molar-refractivity contribution in [2.75, 3.05) is 6.61 Å². The molecule has 0 spiro atoms. The van der Waals surface area contributed by atoms with Gasteiger partial charge in [-0.15, -0.1) is 0 Å².